The minimum absolute atomic E-state index is 0.00390. The summed E-state index contributed by atoms with van der Waals surface area (Å²) in [7, 11) is 0. The molecule has 1 N–H and O–H groups in total. The number of phenolic OH excluding ortho intramolecular Hbond substituents is 1. The molecule has 0 fully saturated rings. The molecule has 6 aromatic rings. The topological polar surface area (TPSA) is 92.7 Å². The smallest absolute Gasteiger partial charge is 0.345 e. The first-order valence-corrected chi connectivity index (χ1v) is 18.1. The van der Waals surface area contributed by atoms with E-state index in [4.69, 9.17) is 28.4 Å². The summed E-state index contributed by atoms with van der Waals surface area (Å²) in [6, 6.07) is 46.0. The second kappa shape index (κ2) is 17.5. The van der Waals surface area contributed by atoms with Crippen LogP contribution in [0.15, 0.2) is 146 Å². The molecule has 0 spiro atoms. The summed E-state index contributed by atoms with van der Waals surface area (Å²) < 4.78 is 38.2. The van der Waals surface area contributed by atoms with Gasteiger partial charge < -0.3 is 33.5 Å². The molecule has 8 heteroatoms. The quantitative estimate of drug-likeness (QED) is 0.105. The van der Waals surface area contributed by atoms with Gasteiger partial charge in [0.25, 0.3) is 0 Å². The van der Waals surface area contributed by atoms with E-state index in [9.17, 15) is 9.90 Å². The van der Waals surface area contributed by atoms with Crippen molar-refractivity contribution in [2.45, 2.75) is 52.0 Å². The minimum Gasteiger partial charge on any atom is -0.508 e. The number of phenols is 1. The number of benzene rings is 6. The highest BCUT2D eigenvalue weighted by Gasteiger charge is 2.39. The Morgan fingerprint density at radius 1 is 0.648 bits per heavy atom. The highest BCUT2D eigenvalue weighted by atomic mass is 16.6. The monoisotopic (exact) mass is 722 g/mol. The normalized spacial score (nSPS) is 14.7. The molecule has 0 radical (unpaired) electrons. The van der Waals surface area contributed by atoms with Gasteiger partial charge in [0.1, 0.15) is 60.2 Å². The summed E-state index contributed by atoms with van der Waals surface area (Å²) >= 11 is 0. The Bertz CT molecular complexity index is 2120. The Hall–Kier alpha value is -6.25. The van der Waals surface area contributed by atoms with Crippen molar-refractivity contribution in [3.05, 3.63) is 185 Å². The Morgan fingerprint density at radius 3 is 1.72 bits per heavy atom. The second-order valence-corrected chi connectivity index (χ2v) is 12.9. The number of aromatic hydroxyl groups is 1. The molecule has 54 heavy (non-hydrogen) atoms. The van der Waals surface area contributed by atoms with Gasteiger partial charge in [-0.05, 0) is 41.3 Å². The lowest BCUT2D eigenvalue weighted by molar-refractivity contribution is -0.0474. The molecule has 0 aliphatic carbocycles. The molecule has 8 nitrogen and oxygen atoms in total. The molecule has 0 aromatic heterocycles. The van der Waals surface area contributed by atoms with Crippen LogP contribution in [0.5, 0.6) is 28.7 Å². The van der Waals surface area contributed by atoms with Crippen LogP contribution in [0, 0.1) is 0 Å². The fourth-order valence-electron chi connectivity index (χ4n) is 6.40. The molecule has 0 bridgehead atoms. The van der Waals surface area contributed by atoms with Crippen LogP contribution >= 0.6 is 0 Å². The second-order valence-electron chi connectivity index (χ2n) is 12.9. The van der Waals surface area contributed by atoms with E-state index in [0.717, 1.165) is 22.3 Å². The van der Waals surface area contributed by atoms with Crippen molar-refractivity contribution in [1.29, 1.82) is 0 Å². The van der Waals surface area contributed by atoms with Gasteiger partial charge in [-0.15, -0.1) is 0 Å². The Balaban J connectivity index is 1.31. The summed E-state index contributed by atoms with van der Waals surface area (Å²) in [4.78, 5) is 13.9. The standard InChI is InChI=1S/C46H42O8/c1-2-49-46(48)43-41(52-30-34-19-11-5-12-20-34)27-40(51-29-33-17-9-4-10-18-33)39-26-42(53-31-35-21-13-6-14-22-35)44(54-45(39)43)36-23-37(47)25-38(24-36)50-28-32-15-7-3-8-16-32/h3-25,27,42,44,47H,2,26,28-31H2,1H3/t42-,44-/m1/s1. The van der Waals surface area contributed by atoms with Gasteiger partial charge >= 0.3 is 5.97 Å². The fourth-order valence-corrected chi connectivity index (χ4v) is 6.40. The number of esters is 1. The predicted molar refractivity (Wildman–Crippen MR) is 205 cm³/mol. The molecule has 0 amide bonds. The van der Waals surface area contributed by atoms with E-state index >= 15 is 0 Å². The molecule has 1 heterocycles. The molecule has 0 saturated heterocycles. The lowest BCUT2D eigenvalue weighted by Crippen LogP contribution is -2.34. The molecule has 2 atom stereocenters. The highest BCUT2D eigenvalue weighted by Crippen LogP contribution is 2.48. The van der Waals surface area contributed by atoms with E-state index in [-0.39, 0.29) is 42.6 Å². The Kier molecular flexibility index (Phi) is 11.7. The van der Waals surface area contributed by atoms with Crippen molar-refractivity contribution >= 4 is 5.97 Å². The maximum atomic E-state index is 13.9. The zero-order valence-corrected chi connectivity index (χ0v) is 30.1. The van der Waals surface area contributed by atoms with E-state index in [1.165, 1.54) is 0 Å². The zero-order chi connectivity index (χ0) is 37.1. The lowest BCUT2D eigenvalue weighted by Gasteiger charge is -2.36. The molecule has 7 rings (SSSR count). The summed E-state index contributed by atoms with van der Waals surface area (Å²) in [6.45, 7) is 3.00. The van der Waals surface area contributed by atoms with Crippen LogP contribution in [0.25, 0.3) is 0 Å². The molecule has 1 aliphatic heterocycles. The summed E-state index contributed by atoms with van der Waals surface area (Å²) in [6.07, 6.45) is -1.02. The van der Waals surface area contributed by atoms with Crippen molar-refractivity contribution in [3.8, 4) is 28.7 Å². The van der Waals surface area contributed by atoms with Crippen LogP contribution in [0.4, 0.5) is 0 Å². The van der Waals surface area contributed by atoms with Gasteiger partial charge in [-0.25, -0.2) is 4.79 Å². The highest BCUT2D eigenvalue weighted by molar-refractivity contribution is 5.97. The number of rotatable bonds is 15. The fraction of sp³-hybridized carbons (Fsp3) is 0.196. The summed E-state index contributed by atoms with van der Waals surface area (Å²) in [5, 5.41) is 11.0. The van der Waals surface area contributed by atoms with Crippen LogP contribution in [-0.2, 0) is 42.3 Å². The van der Waals surface area contributed by atoms with E-state index in [2.05, 4.69) is 0 Å². The average Bonchev–Trinajstić information content (AvgIpc) is 3.21. The van der Waals surface area contributed by atoms with Crippen LogP contribution in [0.3, 0.4) is 0 Å². The number of carbonyl (C=O) groups is 1. The van der Waals surface area contributed by atoms with Crippen LogP contribution in [-0.4, -0.2) is 23.8 Å². The van der Waals surface area contributed by atoms with Gasteiger partial charge in [0.15, 0.2) is 6.10 Å². The number of hydrogen-bond acceptors (Lipinski definition) is 8. The van der Waals surface area contributed by atoms with Crippen molar-refractivity contribution in [2.24, 2.45) is 0 Å². The van der Waals surface area contributed by atoms with Crippen molar-refractivity contribution in [1.82, 2.24) is 0 Å². The summed E-state index contributed by atoms with van der Waals surface area (Å²) in [5.74, 6) is 0.925. The first-order chi connectivity index (χ1) is 26.5. The molecular formula is C46H42O8. The van der Waals surface area contributed by atoms with E-state index in [0.29, 0.717) is 42.3 Å². The van der Waals surface area contributed by atoms with Gasteiger partial charge in [-0.1, -0.05) is 121 Å². The van der Waals surface area contributed by atoms with Crippen LogP contribution < -0.4 is 18.9 Å². The molecule has 6 aromatic carbocycles. The van der Waals surface area contributed by atoms with Crippen LogP contribution in [0.2, 0.25) is 0 Å². The molecule has 0 unspecified atom stereocenters. The number of fused-ring (bicyclic) bond motifs is 1. The van der Waals surface area contributed by atoms with E-state index < -0.39 is 18.2 Å². The van der Waals surface area contributed by atoms with Crippen molar-refractivity contribution < 1.29 is 38.3 Å². The van der Waals surface area contributed by atoms with Crippen molar-refractivity contribution in [2.75, 3.05) is 6.61 Å². The van der Waals surface area contributed by atoms with Gasteiger partial charge in [0.2, 0.25) is 0 Å². The van der Waals surface area contributed by atoms with Crippen LogP contribution in [0.1, 0.15) is 56.8 Å². The van der Waals surface area contributed by atoms with Gasteiger partial charge in [-0.2, -0.15) is 0 Å². The molecule has 1 aliphatic rings. The van der Waals surface area contributed by atoms with Gasteiger partial charge in [0, 0.05) is 29.7 Å². The Labute approximate surface area is 315 Å². The SMILES string of the molecule is CCOC(=O)c1c(OCc2ccccc2)cc(OCc2ccccc2)c2c1O[C@H](c1cc(O)cc(OCc3ccccc3)c1)[C@H](OCc1ccccc1)C2. The van der Waals surface area contributed by atoms with Gasteiger partial charge in [-0.3, -0.25) is 0 Å². The third-order valence-corrected chi connectivity index (χ3v) is 9.05. The van der Waals surface area contributed by atoms with E-state index in [1.54, 1.807) is 25.1 Å². The molecular weight excluding hydrogens is 680 g/mol. The van der Waals surface area contributed by atoms with E-state index in [1.807, 2.05) is 127 Å². The maximum Gasteiger partial charge on any atom is 0.345 e. The number of ether oxygens (including phenoxy) is 6. The predicted octanol–water partition coefficient (Wildman–Crippen LogP) is 9.57. The van der Waals surface area contributed by atoms with Gasteiger partial charge in [0.05, 0.1) is 13.2 Å². The number of hydrogen-bond donors (Lipinski definition) is 1. The number of carbonyl (C=O) groups excluding carboxylic acids is 1. The third kappa shape index (κ3) is 9.03. The lowest BCUT2D eigenvalue weighted by atomic mass is 9.91. The molecule has 274 valence electrons. The van der Waals surface area contributed by atoms with Crippen molar-refractivity contribution in [3.63, 3.8) is 0 Å². The minimum atomic E-state index is -0.771. The first kappa shape index (κ1) is 36.1. The first-order valence-electron chi connectivity index (χ1n) is 18.1. The largest absolute Gasteiger partial charge is 0.508 e. The summed E-state index contributed by atoms with van der Waals surface area (Å²) in [5.41, 5.74) is 5.29. The zero-order valence-electron chi connectivity index (χ0n) is 30.1. The maximum absolute atomic E-state index is 13.9. The Morgan fingerprint density at radius 2 is 1.17 bits per heavy atom. The average molecular weight is 723 g/mol. The molecule has 0 saturated carbocycles. The third-order valence-electron chi connectivity index (χ3n) is 9.05.